The van der Waals surface area contributed by atoms with Crippen LogP contribution in [-0.2, 0) is 4.74 Å². The van der Waals surface area contributed by atoms with Crippen molar-refractivity contribution in [3.05, 3.63) is 28.8 Å². The summed E-state index contributed by atoms with van der Waals surface area (Å²) in [6.45, 7) is 2.36. The smallest absolute Gasteiger partial charge is 0.255 e. The summed E-state index contributed by atoms with van der Waals surface area (Å²) in [6, 6.07) is 5.08. The zero-order valence-electron chi connectivity index (χ0n) is 9.61. The van der Waals surface area contributed by atoms with Crippen LogP contribution in [0.2, 0.25) is 5.02 Å². The van der Waals surface area contributed by atoms with Gasteiger partial charge in [0.15, 0.2) is 0 Å². The minimum absolute atomic E-state index is 0.0720. The summed E-state index contributed by atoms with van der Waals surface area (Å²) in [5.41, 5.74) is 0.480. The molecule has 0 aliphatic carbocycles. The number of benzene rings is 1. The van der Waals surface area contributed by atoms with E-state index < -0.39 is 0 Å². The molecule has 17 heavy (non-hydrogen) atoms. The topological polar surface area (TPSA) is 38.8 Å². The van der Waals surface area contributed by atoms with Crippen molar-refractivity contribution in [3.8, 4) is 5.75 Å². The van der Waals surface area contributed by atoms with Crippen LogP contribution in [0.25, 0.3) is 0 Å². The van der Waals surface area contributed by atoms with Crippen molar-refractivity contribution in [1.82, 2.24) is 4.90 Å². The Bertz CT molecular complexity index is 416. The second-order valence-corrected chi connectivity index (χ2v) is 4.16. The number of carbonyl (C=O) groups is 1. The Labute approximate surface area is 105 Å². The number of morpholine rings is 1. The summed E-state index contributed by atoms with van der Waals surface area (Å²) in [6.07, 6.45) is 0. The molecular weight excluding hydrogens is 242 g/mol. The molecule has 4 nitrogen and oxygen atoms in total. The normalized spacial score (nSPS) is 15.8. The molecule has 1 aromatic rings. The van der Waals surface area contributed by atoms with E-state index in [2.05, 4.69) is 0 Å². The van der Waals surface area contributed by atoms with E-state index in [9.17, 15) is 4.79 Å². The van der Waals surface area contributed by atoms with E-state index in [1.54, 1.807) is 30.2 Å². The summed E-state index contributed by atoms with van der Waals surface area (Å²) in [5.74, 6) is 0.559. The molecule has 2 rings (SSSR count). The Morgan fingerprint density at radius 2 is 2.12 bits per heavy atom. The fourth-order valence-electron chi connectivity index (χ4n) is 1.73. The Morgan fingerprint density at radius 3 is 2.76 bits per heavy atom. The average molecular weight is 256 g/mol. The molecule has 1 saturated heterocycles. The first-order chi connectivity index (χ1) is 8.22. The molecule has 0 atom stereocenters. The van der Waals surface area contributed by atoms with Crippen LogP contribution in [0.15, 0.2) is 18.2 Å². The monoisotopic (exact) mass is 255 g/mol. The highest BCUT2D eigenvalue weighted by Gasteiger charge is 2.21. The fraction of sp³-hybridized carbons (Fsp3) is 0.417. The van der Waals surface area contributed by atoms with E-state index >= 15 is 0 Å². The molecule has 0 aromatic heterocycles. The number of halogens is 1. The minimum Gasteiger partial charge on any atom is -0.497 e. The van der Waals surface area contributed by atoms with E-state index in [1.807, 2.05) is 0 Å². The van der Waals surface area contributed by atoms with Gasteiger partial charge in [0.25, 0.3) is 5.91 Å². The highest BCUT2D eigenvalue weighted by molar-refractivity contribution is 6.33. The Morgan fingerprint density at radius 1 is 1.41 bits per heavy atom. The van der Waals surface area contributed by atoms with E-state index in [1.165, 1.54) is 0 Å². The fourth-order valence-corrected chi connectivity index (χ4v) is 1.93. The number of amides is 1. The van der Waals surface area contributed by atoms with Gasteiger partial charge in [-0.1, -0.05) is 11.6 Å². The Balaban J connectivity index is 2.22. The second kappa shape index (κ2) is 5.38. The Hall–Kier alpha value is -1.26. The van der Waals surface area contributed by atoms with Crippen molar-refractivity contribution in [2.45, 2.75) is 0 Å². The summed E-state index contributed by atoms with van der Waals surface area (Å²) >= 11 is 6.03. The van der Waals surface area contributed by atoms with Gasteiger partial charge < -0.3 is 14.4 Å². The molecule has 1 aliphatic rings. The van der Waals surface area contributed by atoms with E-state index in [4.69, 9.17) is 21.1 Å². The zero-order valence-corrected chi connectivity index (χ0v) is 10.4. The first-order valence-electron chi connectivity index (χ1n) is 5.43. The van der Waals surface area contributed by atoms with Gasteiger partial charge in [0.1, 0.15) is 5.75 Å². The van der Waals surface area contributed by atoms with E-state index in [0.717, 1.165) is 0 Å². The van der Waals surface area contributed by atoms with Crippen LogP contribution in [0.4, 0.5) is 0 Å². The van der Waals surface area contributed by atoms with Crippen molar-refractivity contribution in [3.63, 3.8) is 0 Å². The maximum atomic E-state index is 12.2. The summed E-state index contributed by atoms with van der Waals surface area (Å²) in [7, 11) is 1.56. The van der Waals surface area contributed by atoms with Gasteiger partial charge in [-0.15, -0.1) is 0 Å². The molecule has 0 N–H and O–H groups in total. The molecule has 0 bridgehead atoms. The van der Waals surface area contributed by atoms with Gasteiger partial charge in [0.2, 0.25) is 0 Å². The number of ether oxygens (including phenoxy) is 2. The van der Waals surface area contributed by atoms with Crippen molar-refractivity contribution in [2.75, 3.05) is 33.4 Å². The molecule has 0 saturated carbocycles. The van der Waals surface area contributed by atoms with Crippen LogP contribution in [-0.4, -0.2) is 44.2 Å². The molecule has 0 spiro atoms. The van der Waals surface area contributed by atoms with Gasteiger partial charge in [-0.25, -0.2) is 0 Å². The largest absolute Gasteiger partial charge is 0.497 e. The lowest BCUT2D eigenvalue weighted by Crippen LogP contribution is -2.40. The van der Waals surface area contributed by atoms with Gasteiger partial charge >= 0.3 is 0 Å². The van der Waals surface area contributed by atoms with E-state index in [-0.39, 0.29) is 5.91 Å². The molecular formula is C12H14ClNO3. The standard InChI is InChI=1S/C12H14ClNO3/c1-16-9-2-3-11(13)10(8-9)12(15)14-4-6-17-7-5-14/h2-3,8H,4-7H2,1H3. The summed E-state index contributed by atoms with van der Waals surface area (Å²) in [5, 5.41) is 0.447. The van der Waals surface area contributed by atoms with Gasteiger partial charge in [-0.3, -0.25) is 4.79 Å². The number of carbonyl (C=O) groups excluding carboxylic acids is 1. The van der Waals surface area contributed by atoms with Gasteiger partial charge in [-0.2, -0.15) is 0 Å². The van der Waals surface area contributed by atoms with Crippen molar-refractivity contribution < 1.29 is 14.3 Å². The van der Waals surface area contributed by atoms with Crippen LogP contribution in [0.5, 0.6) is 5.75 Å². The number of rotatable bonds is 2. The number of nitrogens with zero attached hydrogens (tertiary/aromatic N) is 1. The summed E-state index contributed by atoms with van der Waals surface area (Å²) < 4.78 is 10.3. The molecule has 5 heteroatoms. The van der Waals surface area contributed by atoms with Crippen molar-refractivity contribution >= 4 is 17.5 Å². The maximum absolute atomic E-state index is 12.2. The van der Waals surface area contributed by atoms with Crippen LogP contribution >= 0.6 is 11.6 Å². The van der Waals surface area contributed by atoms with E-state index in [0.29, 0.717) is 42.6 Å². The molecule has 0 unspecified atom stereocenters. The van der Waals surface area contributed by atoms with Gasteiger partial charge in [-0.05, 0) is 18.2 Å². The predicted molar refractivity (Wildman–Crippen MR) is 64.7 cm³/mol. The van der Waals surface area contributed by atoms with Gasteiger partial charge in [0, 0.05) is 13.1 Å². The molecule has 0 radical (unpaired) electrons. The summed E-state index contributed by atoms with van der Waals surface area (Å²) in [4.78, 5) is 14.0. The zero-order chi connectivity index (χ0) is 12.3. The highest BCUT2D eigenvalue weighted by Crippen LogP contribution is 2.23. The molecule has 92 valence electrons. The molecule has 1 aromatic carbocycles. The third-order valence-corrected chi connectivity index (χ3v) is 3.03. The number of hydrogen-bond donors (Lipinski definition) is 0. The third kappa shape index (κ3) is 2.70. The Kier molecular flexibility index (Phi) is 3.86. The average Bonchev–Trinajstić information content (AvgIpc) is 2.39. The molecule has 1 fully saturated rings. The second-order valence-electron chi connectivity index (χ2n) is 3.75. The first-order valence-corrected chi connectivity index (χ1v) is 5.80. The lowest BCUT2D eigenvalue weighted by molar-refractivity contribution is 0.0303. The molecule has 1 aliphatic heterocycles. The highest BCUT2D eigenvalue weighted by atomic mass is 35.5. The lowest BCUT2D eigenvalue weighted by Gasteiger charge is -2.27. The van der Waals surface area contributed by atoms with Crippen LogP contribution in [0.1, 0.15) is 10.4 Å². The van der Waals surface area contributed by atoms with Crippen LogP contribution < -0.4 is 4.74 Å². The van der Waals surface area contributed by atoms with Gasteiger partial charge in [0.05, 0.1) is 30.9 Å². The van der Waals surface area contributed by atoms with Crippen molar-refractivity contribution in [1.29, 1.82) is 0 Å². The number of methoxy groups -OCH3 is 1. The lowest BCUT2D eigenvalue weighted by atomic mass is 10.1. The maximum Gasteiger partial charge on any atom is 0.255 e. The molecule has 1 heterocycles. The van der Waals surface area contributed by atoms with Crippen molar-refractivity contribution in [2.24, 2.45) is 0 Å². The first kappa shape index (κ1) is 12.2. The minimum atomic E-state index is -0.0720. The SMILES string of the molecule is COc1ccc(Cl)c(C(=O)N2CCOCC2)c1. The number of hydrogen-bond acceptors (Lipinski definition) is 3. The predicted octanol–water partition coefficient (Wildman–Crippen LogP) is 1.82. The molecule has 1 amide bonds. The van der Waals surface area contributed by atoms with Crippen LogP contribution in [0.3, 0.4) is 0 Å². The van der Waals surface area contributed by atoms with Crippen LogP contribution in [0, 0.1) is 0 Å². The quantitative estimate of drug-likeness (QED) is 0.809. The third-order valence-electron chi connectivity index (χ3n) is 2.70.